The normalized spacial score (nSPS) is 38.0. The molecule has 5 rings (SSSR count). The Labute approximate surface area is 137 Å². The fraction of sp³-hybridized carbons (Fsp3) is 0.409. The Kier molecular flexibility index (Phi) is 2.69. The van der Waals surface area contributed by atoms with Gasteiger partial charge in [0.25, 0.3) is 0 Å². The fourth-order valence-electron chi connectivity index (χ4n) is 5.35. The lowest BCUT2D eigenvalue weighted by atomic mass is 9.72. The molecule has 2 aromatic carbocycles. The Bertz CT molecular complexity index is 687. The highest BCUT2D eigenvalue weighted by Gasteiger charge is 2.72. The van der Waals surface area contributed by atoms with Gasteiger partial charge in [-0.15, -0.1) is 0 Å². The average molecular weight is 302 g/mol. The summed E-state index contributed by atoms with van der Waals surface area (Å²) >= 11 is 0. The Morgan fingerprint density at radius 2 is 1.13 bits per heavy atom. The molecule has 3 saturated carbocycles. The van der Waals surface area contributed by atoms with Crippen LogP contribution in [0.3, 0.4) is 0 Å². The van der Waals surface area contributed by atoms with Crippen LogP contribution in [-0.2, 0) is 4.79 Å². The summed E-state index contributed by atoms with van der Waals surface area (Å²) in [5.74, 6) is 1.55. The SMILES string of the molecule is O=C1[C@]2(CCC[C@]13C[C@@H]3c1ccccc1)C[C@@H]2c1ccccc1. The van der Waals surface area contributed by atoms with Gasteiger partial charge in [-0.25, -0.2) is 0 Å². The van der Waals surface area contributed by atoms with Gasteiger partial charge >= 0.3 is 0 Å². The summed E-state index contributed by atoms with van der Waals surface area (Å²) in [6, 6.07) is 21.4. The largest absolute Gasteiger partial charge is 0.298 e. The van der Waals surface area contributed by atoms with Crippen molar-refractivity contribution >= 4 is 5.78 Å². The molecule has 1 nitrogen and oxygen atoms in total. The second-order valence-electron chi connectivity index (χ2n) is 7.83. The van der Waals surface area contributed by atoms with Crippen LogP contribution >= 0.6 is 0 Å². The van der Waals surface area contributed by atoms with E-state index in [2.05, 4.69) is 60.7 Å². The van der Waals surface area contributed by atoms with Crippen molar-refractivity contribution < 1.29 is 4.79 Å². The second-order valence-corrected chi connectivity index (χ2v) is 7.83. The van der Waals surface area contributed by atoms with Crippen LogP contribution in [0, 0.1) is 10.8 Å². The van der Waals surface area contributed by atoms with Gasteiger partial charge in [0.05, 0.1) is 0 Å². The molecule has 2 aromatic rings. The average Bonchev–Trinajstić information content (AvgIpc) is 3.50. The van der Waals surface area contributed by atoms with Crippen molar-refractivity contribution in [3.05, 3.63) is 71.8 Å². The topological polar surface area (TPSA) is 17.1 Å². The van der Waals surface area contributed by atoms with Crippen LogP contribution < -0.4 is 0 Å². The van der Waals surface area contributed by atoms with E-state index >= 15 is 0 Å². The van der Waals surface area contributed by atoms with Crippen LogP contribution in [0.5, 0.6) is 0 Å². The summed E-state index contributed by atoms with van der Waals surface area (Å²) in [7, 11) is 0. The minimum atomic E-state index is -0.0247. The van der Waals surface area contributed by atoms with Crippen molar-refractivity contribution in [3.8, 4) is 0 Å². The highest BCUT2D eigenvalue weighted by atomic mass is 16.1. The zero-order chi connectivity index (χ0) is 15.5. The van der Waals surface area contributed by atoms with Crippen molar-refractivity contribution in [1.82, 2.24) is 0 Å². The van der Waals surface area contributed by atoms with E-state index in [1.165, 1.54) is 17.5 Å². The summed E-state index contributed by atoms with van der Waals surface area (Å²) in [5.41, 5.74) is 2.69. The van der Waals surface area contributed by atoms with Crippen LogP contribution in [0.25, 0.3) is 0 Å². The third-order valence-electron chi connectivity index (χ3n) is 6.70. The molecule has 3 aliphatic carbocycles. The first-order chi connectivity index (χ1) is 11.3. The van der Waals surface area contributed by atoms with E-state index in [-0.39, 0.29) is 10.8 Å². The van der Waals surface area contributed by atoms with Crippen LogP contribution in [0.1, 0.15) is 55.1 Å². The summed E-state index contributed by atoms with van der Waals surface area (Å²) in [6.07, 6.45) is 5.60. The number of rotatable bonds is 2. The van der Waals surface area contributed by atoms with Gasteiger partial charge in [0.1, 0.15) is 5.78 Å². The fourth-order valence-corrected chi connectivity index (χ4v) is 5.35. The first-order valence-electron chi connectivity index (χ1n) is 8.91. The number of hydrogen-bond donors (Lipinski definition) is 0. The molecule has 0 aromatic heterocycles. The Morgan fingerprint density at radius 1 is 0.696 bits per heavy atom. The number of hydrogen-bond acceptors (Lipinski definition) is 1. The molecule has 3 aliphatic rings. The minimum Gasteiger partial charge on any atom is -0.298 e. The van der Waals surface area contributed by atoms with Crippen molar-refractivity contribution in [3.63, 3.8) is 0 Å². The van der Waals surface area contributed by atoms with Gasteiger partial charge in [0, 0.05) is 10.8 Å². The molecular formula is C22H22O. The maximum Gasteiger partial charge on any atom is 0.146 e. The van der Waals surface area contributed by atoms with Gasteiger partial charge in [-0.3, -0.25) is 4.79 Å². The van der Waals surface area contributed by atoms with Gasteiger partial charge in [0.15, 0.2) is 0 Å². The highest BCUT2D eigenvalue weighted by Crippen LogP contribution is 2.75. The Balaban J connectivity index is 1.44. The monoisotopic (exact) mass is 302 g/mol. The van der Waals surface area contributed by atoms with Gasteiger partial charge in [-0.2, -0.15) is 0 Å². The second kappa shape index (κ2) is 4.56. The third-order valence-corrected chi connectivity index (χ3v) is 6.70. The van der Waals surface area contributed by atoms with Crippen LogP contribution in [-0.4, -0.2) is 5.78 Å². The van der Waals surface area contributed by atoms with E-state index < -0.39 is 0 Å². The molecule has 23 heavy (non-hydrogen) atoms. The molecule has 0 N–H and O–H groups in total. The number of carbonyl (C=O) groups is 1. The summed E-state index contributed by atoms with van der Waals surface area (Å²) in [4.78, 5) is 13.5. The number of benzene rings is 2. The molecule has 3 fully saturated rings. The maximum absolute atomic E-state index is 13.5. The number of ketones is 1. The van der Waals surface area contributed by atoms with Crippen molar-refractivity contribution in [2.24, 2.45) is 10.8 Å². The minimum absolute atomic E-state index is 0.0247. The molecule has 1 heteroatoms. The highest BCUT2D eigenvalue weighted by molar-refractivity contribution is 5.98. The number of carbonyl (C=O) groups excluding carboxylic acids is 1. The van der Waals surface area contributed by atoms with Crippen LogP contribution in [0.2, 0.25) is 0 Å². The van der Waals surface area contributed by atoms with E-state index in [0.717, 1.165) is 25.7 Å². The predicted molar refractivity (Wildman–Crippen MR) is 91.3 cm³/mol. The van der Waals surface area contributed by atoms with Crippen molar-refractivity contribution in [2.75, 3.05) is 0 Å². The van der Waals surface area contributed by atoms with E-state index in [1.807, 2.05) is 0 Å². The van der Waals surface area contributed by atoms with E-state index in [4.69, 9.17) is 0 Å². The van der Waals surface area contributed by atoms with E-state index in [9.17, 15) is 4.79 Å². The molecule has 0 unspecified atom stereocenters. The quantitative estimate of drug-likeness (QED) is 0.755. The molecule has 0 aliphatic heterocycles. The Hall–Kier alpha value is -1.89. The lowest BCUT2D eigenvalue weighted by Crippen LogP contribution is -2.33. The first kappa shape index (κ1) is 13.5. The molecule has 2 spiro atoms. The molecule has 4 atom stereocenters. The summed E-state index contributed by atoms with van der Waals surface area (Å²) < 4.78 is 0. The van der Waals surface area contributed by atoms with E-state index in [0.29, 0.717) is 17.6 Å². The smallest absolute Gasteiger partial charge is 0.146 e. The summed E-state index contributed by atoms with van der Waals surface area (Å²) in [6.45, 7) is 0. The molecule has 116 valence electrons. The standard InChI is InChI=1S/C22H22O/c23-20-21(14-18(21)16-8-3-1-4-9-16)12-7-13-22(20)15-19(22)17-10-5-2-6-11-17/h1-6,8-11,18-19H,7,12-15H2/t18-,19-,21-,22-/m1/s1. The maximum atomic E-state index is 13.5. The van der Waals surface area contributed by atoms with Crippen molar-refractivity contribution in [1.29, 1.82) is 0 Å². The van der Waals surface area contributed by atoms with Gasteiger partial charge in [0.2, 0.25) is 0 Å². The van der Waals surface area contributed by atoms with Crippen LogP contribution in [0.15, 0.2) is 60.7 Å². The molecule has 0 amide bonds. The van der Waals surface area contributed by atoms with Gasteiger partial charge in [-0.1, -0.05) is 67.1 Å². The van der Waals surface area contributed by atoms with Crippen LogP contribution in [0.4, 0.5) is 0 Å². The van der Waals surface area contributed by atoms with E-state index in [1.54, 1.807) is 0 Å². The lowest BCUT2D eigenvalue weighted by Gasteiger charge is -2.30. The zero-order valence-electron chi connectivity index (χ0n) is 13.4. The predicted octanol–water partition coefficient (Wildman–Crippen LogP) is 5.09. The number of Topliss-reactive ketones (excluding diaryl/α,β-unsaturated/α-hetero) is 1. The summed E-state index contributed by atoms with van der Waals surface area (Å²) in [5, 5.41) is 0. The Morgan fingerprint density at radius 3 is 1.57 bits per heavy atom. The molecule has 0 bridgehead atoms. The lowest BCUT2D eigenvalue weighted by molar-refractivity contribution is -0.132. The first-order valence-corrected chi connectivity index (χ1v) is 8.91. The van der Waals surface area contributed by atoms with Crippen molar-refractivity contribution in [2.45, 2.75) is 43.9 Å². The van der Waals surface area contributed by atoms with Gasteiger partial charge < -0.3 is 0 Å². The molecule has 0 radical (unpaired) electrons. The van der Waals surface area contributed by atoms with Gasteiger partial charge in [-0.05, 0) is 48.6 Å². The molecular weight excluding hydrogens is 280 g/mol. The zero-order valence-corrected chi connectivity index (χ0v) is 13.4. The third kappa shape index (κ3) is 1.83. The molecule has 0 heterocycles. The molecule has 0 saturated heterocycles.